The molecular weight excluding hydrogens is 450 g/mol. The van der Waals surface area contributed by atoms with Crippen molar-refractivity contribution in [3.63, 3.8) is 0 Å². The highest BCUT2D eigenvalue weighted by atomic mass is 15.2. The van der Waals surface area contributed by atoms with E-state index in [4.69, 9.17) is 9.97 Å². The fourth-order valence-electron chi connectivity index (χ4n) is 6.07. The van der Waals surface area contributed by atoms with Gasteiger partial charge in [0.2, 0.25) is 5.95 Å². The Labute approximate surface area is 214 Å². The lowest BCUT2D eigenvalue weighted by molar-refractivity contribution is 1.01. The smallest absolute Gasteiger partial charge is 0.235 e. The first-order chi connectivity index (χ1) is 18.3. The molecule has 37 heavy (non-hydrogen) atoms. The van der Waals surface area contributed by atoms with Crippen LogP contribution in [0.3, 0.4) is 0 Å². The molecule has 5 aromatic carbocycles. The molecule has 3 heteroatoms. The van der Waals surface area contributed by atoms with Crippen molar-refractivity contribution in [3.8, 4) is 28.3 Å². The van der Waals surface area contributed by atoms with Gasteiger partial charge in [0.1, 0.15) is 0 Å². The first kappa shape index (κ1) is 20.4. The Hall–Kier alpha value is -4.76. The summed E-state index contributed by atoms with van der Waals surface area (Å²) in [4.78, 5) is 10.4. The van der Waals surface area contributed by atoms with Crippen LogP contribution in [0.15, 0.2) is 109 Å². The minimum atomic E-state index is 0.714. The number of nitrogens with zero attached hydrogens (tertiary/aromatic N) is 3. The molecule has 8 rings (SSSR count). The van der Waals surface area contributed by atoms with E-state index in [1.807, 2.05) is 0 Å². The molecule has 1 aliphatic rings. The Morgan fingerprint density at radius 2 is 1.46 bits per heavy atom. The zero-order valence-corrected chi connectivity index (χ0v) is 20.4. The van der Waals surface area contributed by atoms with Gasteiger partial charge in [-0.15, -0.1) is 0 Å². The van der Waals surface area contributed by atoms with Crippen LogP contribution in [0.4, 0.5) is 0 Å². The van der Waals surface area contributed by atoms with E-state index in [2.05, 4.69) is 121 Å². The van der Waals surface area contributed by atoms with E-state index in [0.29, 0.717) is 5.95 Å². The van der Waals surface area contributed by atoms with Gasteiger partial charge in [-0.3, -0.25) is 4.57 Å². The van der Waals surface area contributed by atoms with Gasteiger partial charge in [0.25, 0.3) is 0 Å². The third kappa shape index (κ3) is 2.94. The predicted octanol–water partition coefficient (Wildman–Crippen LogP) is 8.27. The summed E-state index contributed by atoms with van der Waals surface area (Å²) in [6.07, 6.45) is 0.914. The van der Waals surface area contributed by atoms with E-state index in [0.717, 1.165) is 34.1 Å². The third-order valence-corrected chi connectivity index (χ3v) is 7.70. The molecule has 0 aliphatic heterocycles. The molecule has 2 aromatic heterocycles. The summed E-state index contributed by atoms with van der Waals surface area (Å²) in [7, 11) is 0. The van der Waals surface area contributed by atoms with Crippen LogP contribution in [0.25, 0.3) is 61.0 Å². The maximum absolute atomic E-state index is 5.28. The Morgan fingerprint density at radius 1 is 0.649 bits per heavy atom. The number of benzene rings is 5. The Balaban J connectivity index is 1.50. The molecule has 3 nitrogen and oxygen atoms in total. The lowest BCUT2D eigenvalue weighted by Crippen LogP contribution is -2.04. The lowest BCUT2D eigenvalue weighted by Gasteiger charge is -2.13. The normalized spacial score (nSPS) is 12.4. The van der Waals surface area contributed by atoms with Crippen molar-refractivity contribution in [3.05, 3.63) is 126 Å². The summed E-state index contributed by atoms with van der Waals surface area (Å²) in [5.41, 5.74) is 11.9. The van der Waals surface area contributed by atoms with Gasteiger partial charge in [0, 0.05) is 28.1 Å². The van der Waals surface area contributed by atoms with Crippen LogP contribution in [-0.2, 0) is 6.42 Å². The number of hydrogen-bond donors (Lipinski definition) is 0. The second-order valence-electron chi connectivity index (χ2n) is 9.93. The van der Waals surface area contributed by atoms with Gasteiger partial charge in [-0.05, 0) is 47.4 Å². The zero-order valence-electron chi connectivity index (χ0n) is 20.4. The molecule has 1 aliphatic carbocycles. The molecule has 174 valence electrons. The van der Waals surface area contributed by atoms with Crippen LogP contribution in [0, 0.1) is 6.92 Å². The number of rotatable bonds is 2. The van der Waals surface area contributed by atoms with Gasteiger partial charge in [0.15, 0.2) is 0 Å². The third-order valence-electron chi connectivity index (χ3n) is 7.70. The Bertz CT molecular complexity index is 2030. The second-order valence-corrected chi connectivity index (χ2v) is 9.93. The quantitative estimate of drug-likeness (QED) is 0.253. The minimum Gasteiger partial charge on any atom is -0.278 e. The van der Waals surface area contributed by atoms with Crippen LogP contribution >= 0.6 is 0 Å². The van der Waals surface area contributed by atoms with Crippen molar-refractivity contribution < 1.29 is 0 Å². The lowest BCUT2D eigenvalue weighted by atomic mass is 10.0. The molecule has 7 aromatic rings. The number of aromatic nitrogens is 3. The predicted molar refractivity (Wildman–Crippen MR) is 152 cm³/mol. The molecule has 0 saturated carbocycles. The summed E-state index contributed by atoms with van der Waals surface area (Å²) in [6.45, 7) is 2.13. The van der Waals surface area contributed by atoms with E-state index in [1.165, 1.54) is 44.1 Å². The van der Waals surface area contributed by atoms with Gasteiger partial charge in [0.05, 0.1) is 22.2 Å². The van der Waals surface area contributed by atoms with Crippen molar-refractivity contribution in [2.45, 2.75) is 13.3 Å². The minimum absolute atomic E-state index is 0.714. The highest BCUT2D eigenvalue weighted by Gasteiger charge is 2.25. The summed E-state index contributed by atoms with van der Waals surface area (Å²) in [5.74, 6) is 0.714. The largest absolute Gasteiger partial charge is 0.278 e. The summed E-state index contributed by atoms with van der Waals surface area (Å²) < 4.78 is 2.29. The summed E-state index contributed by atoms with van der Waals surface area (Å²) in [5, 5.41) is 3.54. The van der Waals surface area contributed by atoms with E-state index in [-0.39, 0.29) is 0 Å². The van der Waals surface area contributed by atoms with E-state index in [1.54, 1.807) is 0 Å². The summed E-state index contributed by atoms with van der Waals surface area (Å²) >= 11 is 0. The van der Waals surface area contributed by atoms with E-state index < -0.39 is 0 Å². The first-order valence-corrected chi connectivity index (χ1v) is 12.7. The van der Waals surface area contributed by atoms with Gasteiger partial charge >= 0.3 is 0 Å². The van der Waals surface area contributed by atoms with Crippen LogP contribution in [0.1, 0.15) is 16.7 Å². The highest BCUT2D eigenvalue weighted by molar-refractivity contribution is 6.12. The maximum atomic E-state index is 5.28. The molecule has 0 spiro atoms. The van der Waals surface area contributed by atoms with Gasteiger partial charge in [-0.25, -0.2) is 9.97 Å². The fourth-order valence-corrected chi connectivity index (χ4v) is 6.07. The van der Waals surface area contributed by atoms with Gasteiger partial charge in [-0.1, -0.05) is 96.6 Å². The van der Waals surface area contributed by atoms with Gasteiger partial charge < -0.3 is 0 Å². The molecule has 2 heterocycles. The molecule has 0 saturated heterocycles. The number of fused-ring (bicyclic) bond motifs is 8. The molecule has 0 N–H and O–H groups in total. The topological polar surface area (TPSA) is 30.7 Å². The van der Waals surface area contributed by atoms with Crippen LogP contribution in [-0.4, -0.2) is 14.5 Å². The van der Waals surface area contributed by atoms with Crippen molar-refractivity contribution in [1.29, 1.82) is 0 Å². The second kappa shape index (κ2) is 7.62. The van der Waals surface area contributed by atoms with Crippen LogP contribution in [0.5, 0.6) is 0 Å². The van der Waals surface area contributed by atoms with Crippen LogP contribution in [0.2, 0.25) is 0 Å². The molecule has 0 unspecified atom stereocenters. The number of para-hydroxylation sites is 2. The molecule has 0 fully saturated rings. The average molecular weight is 474 g/mol. The molecular formula is C34H23N3. The number of aryl methyl sites for hydroxylation is 1. The zero-order chi connectivity index (χ0) is 24.5. The van der Waals surface area contributed by atoms with Gasteiger partial charge in [-0.2, -0.15) is 0 Å². The van der Waals surface area contributed by atoms with Crippen molar-refractivity contribution in [2.75, 3.05) is 0 Å². The molecule has 0 radical (unpaired) electrons. The summed E-state index contributed by atoms with van der Waals surface area (Å²) in [6, 6.07) is 38.9. The SMILES string of the molecule is Cc1cccc(-c2nc(-n3c4ccccc4c4ccc5c(c43)Cc3ccccc3-5)nc3ccccc23)c1. The van der Waals surface area contributed by atoms with E-state index in [9.17, 15) is 0 Å². The van der Waals surface area contributed by atoms with Crippen molar-refractivity contribution >= 4 is 32.7 Å². The first-order valence-electron chi connectivity index (χ1n) is 12.7. The Morgan fingerprint density at radius 3 is 2.38 bits per heavy atom. The molecule has 0 atom stereocenters. The highest BCUT2D eigenvalue weighted by Crippen LogP contribution is 2.44. The van der Waals surface area contributed by atoms with Crippen molar-refractivity contribution in [1.82, 2.24) is 14.5 Å². The monoisotopic (exact) mass is 473 g/mol. The fraction of sp³-hybridized carbons (Fsp3) is 0.0588. The van der Waals surface area contributed by atoms with E-state index >= 15 is 0 Å². The van der Waals surface area contributed by atoms with Crippen LogP contribution < -0.4 is 0 Å². The average Bonchev–Trinajstić information content (AvgIpc) is 3.48. The Kier molecular flexibility index (Phi) is 4.21. The van der Waals surface area contributed by atoms with Crippen molar-refractivity contribution in [2.24, 2.45) is 0 Å². The molecule has 0 amide bonds. The standard InChI is InChI=1S/C34H23N3/c1-21-9-8-11-23(19-21)32-28-14-4-6-15-30(28)35-34(36-32)37-31-16-7-5-13-26(31)27-18-17-25-24-12-3-2-10-22(24)20-29(25)33(27)37/h2-19H,20H2,1H3. The maximum Gasteiger partial charge on any atom is 0.235 e. The number of hydrogen-bond acceptors (Lipinski definition) is 2. The molecule has 0 bridgehead atoms.